The summed E-state index contributed by atoms with van der Waals surface area (Å²) in [4.78, 5) is 28.0. The molecule has 0 aliphatic carbocycles. The Morgan fingerprint density at radius 2 is 2.00 bits per heavy atom. The third kappa shape index (κ3) is 3.76. The third-order valence-corrected chi connectivity index (χ3v) is 4.37. The summed E-state index contributed by atoms with van der Waals surface area (Å²) in [6, 6.07) is 0. The number of aliphatic carboxylic acids is 1. The van der Waals surface area contributed by atoms with E-state index in [-0.39, 0.29) is 18.2 Å². The minimum Gasteiger partial charge on any atom is -0.481 e. The van der Waals surface area contributed by atoms with E-state index in [0.717, 1.165) is 5.01 Å². The highest BCUT2D eigenvalue weighted by atomic mass is 32.1. The van der Waals surface area contributed by atoms with Gasteiger partial charge < -0.3 is 10.4 Å². The number of carbonyl (C=O) groups excluding carboxylic acids is 1. The maximum absolute atomic E-state index is 12.2. The van der Waals surface area contributed by atoms with Crippen molar-refractivity contribution in [2.45, 2.75) is 46.6 Å². The Labute approximate surface area is 117 Å². The van der Waals surface area contributed by atoms with E-state index < -0.39 is 11.5 Å². The smallest absolute Gasteiger partial charge is 0.305 e. The predicted octanol–water partition coefficient (Wildman–Crippen LogP) is 2.38. The minimum atomic E-state index is -0.922. The molecule has 0 radical (unpaired) electrons. The van der Waals surface area contributed by atoms with E-state index in [1.54, 1.807) is 13.8 Å². The van der Waals surface area contributed by atoms with Crippen LogP contribution in [0.25, 0.3) is 0 Å². The molecule has 1 unspecified atom stereocenters. The monoisotopic (exact) mass is 284 g/mol. The normalized spacial score (nSPS) is 14.2. The summed E-state index contributed by atoms with van der Waals surface area (Å²) in [5.41, 5.74) is -0.0887. The average molecular weight is 284 g/mol. The van der Waals surface area contributed by atoms with Crippen molar-refractivity contribution in [3.63, 3.8) is 0 Å². The first-order valence-electron chi connectivity index (χ1n) is 6.14. The van der Waals surface area contributed by atoms with Gasteiger partial charge in [-0.1, -0.05) is 13.8 Å². The van der Waals surface area contributed by atoms with E-state index >= 15 is 0 Å². The van der Waals surface area contributed by atoms with Crippen LogP contribution in [-0.2, 0) is 4.79 Å². The Hall–Kier alpha value is -1.43. The van der Waals surface area contributed by atoms with Gasteiger partial charge in [-0.15, -0.1) is 11.3 Å². The molecule has 2 N–H and O–H groups in total. The van der Waals surface area contributed by atoms with Crippen molar-refractivity contribution in [2.24, 2.45) is 5.92 Å². The summed E-state index contributed by atoms with van der Waals surface area (Å²) in [7, 11) is 0. The zero-order valence-corrected chi connectivity index (χ0v) is 12.7. The molecule has 0 aromatic carbocycles. The van der Waals surface area contributed by atoms with E-state index in [1.165, 1.54) is 11.3 Å². The van der Waals surface area contributed by atoms with Crippen molar-refractivity contribution in [2.75, 3.05) is 0 Å². The van der Waals surface area contributed by atoms with E-state index in [0.29, 0.717) is 10.6 Å². The van der Waals surface area contributed by atoms with Gasteiger partial charge in [0, 0.05) is 0 Å². The van der Waals surface area contributed by atoms with Crippen LogP contribution in [0.15, 0.2) is 0 Å². The second kappa shape index (κ2) is 5.69. The van der Waals surface area contributed by atoms with Crippen molar-refractivity contribution in [1.29, 1.82) is 0 Å². The maximum Gasteiger partial charge on any atom is 0.305 e. The van der Waals surface area contributed by atoms with Gasteiger partial charge in [0.05, 0.1) is 22.7 Å². The fourth-order valence-corrected chi connectivity index (χ4v) is 2.58. The lowest BCUT2D eigenvalue weighted by molar-refractivity contribution is -0.138. The second-order valence-corrected chi connectivity index (χ2v) is 6.45. The molecule has 0 fully saturated rings. The largest absolute Gasteiger partial charge is 0.481 e. The van der Waals surface area contributed by atoms with Crippen LogP contribution in [0.3, 0.4) is 0 Å². The SMILES string of the molecule is Cc1nc(C)c(C(=O)NC(C)(CC(=O)O)C(C)C)s1. The Morgan fingerprint density at radius 3 is 2.37 bits per heavy atom. The molecular formula is C13H20N2O3S. The van der Waals surface area contributed by atoms with Gasteiger partial charge in [0.15, 0.2) is 0 Å². The van der Waals surface area contributed by atoms with Crippen LogP contribution in [0.2, 0.25) is 0 Å². The van der Waals surface area contributed by atoms with Crippen LogP contribution in [0.1, 0.15) is 47.6 Å². The van der Waals surface area contributed by atoms with E-state index in [1.807, 2.05) is 20.8 Å². The molecular weight excluding hydrogens is 264 g/mol. The average Bonchev–Trinajstić information content (AvgIpc) is 2.56. The van der Waals surface area contributed by atoms with Gasteiger partial charge in [0.25, 0.3) is 5.91 Å². The number of hydrogen-bond acceptors (Lipinski definition) is 4. The van der Waals surface area contributed by atoms with Crippen LogP contribution in [0.4, 0.5) is 0 Å². The zero-order valence-electron chi connectivity index (χ0n) is 11.9. The lowest BCUT2D eigenvalue weighted by Crippen LogP contribution is -2.51. The molecule has 1 aromatic heterocycles. The number of carbonyl (C=O) groups is 2. The van der Waals surface area contributed by atoms with E-state index in [2.05, 4.69) is 10.3 Å². The molecule has 5 nitrogen and oxygen atoms in total. The van der Waals surface area contributed by atoms with Crippen LogP contribution < -0.4 is 5.32 Å². The van der Waals surface area contributed by atoms with Gasteiger partial charge in [-0.25, -0.2) is 4.98 Å². The quantitative estimate of drug-likeness (QED) is 0.870. The predicted molar refractivity (Wildman–Crippen MR) is 74.6 cm³/mol. The van der Waals surface area contributed by atoms with Gasteiger partial charge in [0.1, 0.15) is 4.88 Å². The molecule has 0 aliphatic heterocycles. The molecule has 106 valence electrons. The van der Waals surface area contributed by atoms with Crippen molar-refractivity contribution >= 4 is 23.2 Å². The van der Waals surface area contributed by atoms with E-state index in [4.69, 9.17) is 5.11 Å². The topological polar surface area (TPSA) is 79.3 Å². The van der Waals surface area contributed by atoms with Crippen LogP contribution >= 0.6 is 11.3 Å². The van der Waals surface area contributed by atoms with Crippen LogP contribution in [-0.4, -0.2) is 27.5 Å². The van der Waals surface area contributed by atoms with Crippen molar-refractivity contribution < 1.29 is 14.7 Å². The first kappa shape index (κ1) is 15.6. The summed E-state index contributed by atoms with van der Waals surface area (Å²) in [5, 5.41) is 12.7. The summed E-state index contributed by atoms with van der Waals surface area (Å²) in [6.07, 6.45) is -0.104. The molecule has 1 amide bonds. The summed E-state index contributed by atoms with van der Waals surface area (Å²) < 4.78 is 0. The lowest BCUT2D eigenvalue weighted by Gasteiger charge is -2.33. The Balaban J connectivity index is 2.94. The molecule has 6 heteroatoms. The van der Waals surface area contributed by atoms with Crippen LogP contribution in [0, 0.1) is 19.8 Å². The van der Waals surface area contributed by atoms with Crippen molar-refractivity contribution in [1.82, 2.24) is 10.3 Å². The number of hydrogen-bond donors (Lipinski definition) is 2. The standard InChI is InChI=1S/C13H20N2O3S/c1-7(2)13(5,6-10(16)17)15-12(18)11-8(3)14-9(4)19-11/h7H,6H2,1-5H3,(H,15,18)(H,16,17). The third-order valence-electron chi connectivity index (χ3n) is 3.30. The summed E-state index contributed by atoms with van der Waals surface area (Å²) >= 11 is 1.32. The zero-order chi connectivity index (χ0) is 14.8. The number of amides is 1. The van der Waals surface area contributed by atoms with Gasteiger partial charge in [0.2, 0.25) is 0 Å². The highest BCUT2D eigenvalue weighted by Crippen LogP contribution is 2.23. The summed E-state index contributed by atoms with van der Waals surface area (Å²) in [6.45, 7) is 9.17. The number of thiazole rings is 1. The number of nitrogens with one attached hydrogen (secondary N) is 1. The first-order chi connectivity index (χ1) is 8.65. The van der Waals surface area contributed by atoms with Gasteiger partial charge in [-0.05, 0) is 26.7 Å². The van der Waals surface area contributed by atoms with Crippen molar-refractivity contribution in [3.05, 3.63) is 15.6 Å². The molecule has 0 saturated heterocycles. The van der Waals surface area contributed by atoms with E-state index in [9.17, 15) is 9.59 Å². The highest BCUT2D eigenvalue weighted by Gasteiger charge is 2.33. The number of carboxylic acids is 1. The second-order valence-electron chi connectivity index (χ2n) is 5.24. The fraction of sp³-hybridized carbons (Fsp3) is 0.615. The minimum absolute atomic E-state index is 0.0156. The number of nitrogens with zero attached hydrogens (tertiary/aromatic N) is 1. The Morgan fingerprint density at radius 1 is 1.42 bits per heavy atom. The fourth-order valence-electron chi connectivity index (χ4n) is 1.76. The molecule has 1 heterocycles. The first-order valence-corrected chi connectivity index (χ1v) is 6.95. The molecule has 1 aromatic rings. The molecule has 0 aliphatic rings. The van der Waals surface area contributed by atoms with Gasteiger partial charge >= 0.3 is 5.97 Å². The maximum atomic E-state index is 12.2. The number of aromatic nitrogens is 1. The van der Waals surface area contributed by atoms with Gasteiger partial charge in [-0.3, -0.25) is 9.59 Å². The number of aryl methyl sites for hydroxylation is 2. The molecule has 1 rings (SSSR count). The number of rotatable bonds is 5. The van der Waals surface area contributed by atoms with Crippen molar-refractivity contribution in [3.8, 4) is 0 Å². The highest BCUT2D eigenvalue weighted by molar-refractivity contribution is 7.13. The Bertz CT molecular complexity index is 496. The lowest BCUT2D eigenvalue weighted by atomic mass is 9.85. The van der Waals surface area contributed by atoms with Gasteiger partial charge in [-0.2, -0.15) is 0 Å². The number of carboxylic acid groups (broad SMARTS) is 1. The Kier molecular flexibility index (Phi) is 4.68. The molecule has 0 saturated carbocycles. The van der Waals surface area contributed by atoms with Crippen LogP contribution in [0.5, 0.6) is 0 Å². The molecule has 1 atom stereocenters. The molecule has 19 heavy (non-hydrogen) atoms. The molecule has 0 spiro atoms. The summed E-state index contributed by atoms with van der Waals surface area (Å²) in [5.74, 6) is -1.16. The molecule has 0 bridgehead atoms.